The quantitative estimate of drug-likeness (QED) is 0.341. The third-order valence-electron chi connectivity index (χ3n) is 7.11. The van der Waals surface area contributed by atoms with Gasteiger partial charge in [-0.3, -0.25) is 4.79 Å². The van der Waals surface area contributed by atoms with Crippen LogP contribution in [-0.4, -0.2) is 26.0 Å². The Kier molecular flexibility index (Phi) is 8.07. The molecule has 33 heavy (non-hydrogen) atoms. The van der Waals surface area contributed by atoms with Crippen LogP contribution in [0.4, 0.5) is 5.69 Å². The van der Waals surface area contributed by atoms with Gasteiger partial charge in [-0.25, -0.2) is 0 Å². The van der Waals surface area contributed by atoms with E-state index in [1.165, 1.54) is 45.2 Å². The number of rotatable bonds is 6. The van der Waals surface area contributed by atoms with Crippen molar-refractivity contribution in [3.63, 3.8) is 0 Å². The fourth-order valence-corrected chi connectivity index (χ4v) is 5.32. The van der Waals surface area contributed by atoms with Crippen molar-refractivity contribution in [2.75, 3.05) is 25.0 Å². The van der Waals surface area contributed by atoms with E-state index in [4.69, 9.17) is 0 Å². The molecule has 0 spiro atoms. The van der Waals surface area contributed by atoms with Crippen molar-refractivity contribution < 1.29 is 4.79 Å². The van der Waals surface area contributed by atoms with Gasteiger partial charge in [-0.2, -0.15) is 0 Å². The maximum absolute atomic E-state index is 11.8. The Labute approximate surface area is 211 Å². The summed E-state index contributed by atoms with van der Waals surface area (Å²) in [6.07, 6.45) is 4.77. The SMILES string of the molecule is CNC(=O)c1ccc(N2CCC(C)C(CCc3ccccc3-c3ccc(I)cc3)CC2)cc1. The molecule has 1 heterocycles. The summed E-state index contributed by atoms with van der Waals surface area (Å²) in [7, 11) is 1.67. The molecule has 0 aliphatic carbocycles. The van der Waals surface area contributed by atoms with Crippen LogP contribution in [0.3, 0.4) is 0 Å². The molecule has 2 atom stereocenters. The number of amides is 1. The predicted molar refractivity (Wildman–Crippen MR) is 147 cm³/mol. The molecule has 1 amide bonds. The zero-order chi connectivity index (χ0) is 23.2. The third-order valence-corrected chi connectivity index (χ3v) is 7.83. The molecule has 4 rings (SSSR count). The van der Waals surface area contributed by atoms with E-state index in [1.54, 1.807) is 7.05 Å². The van der Waals surface area contributed by atoms with Gasteiger partial charge >= 0.3 is 0 Å². The normalized spacial score (nSPS) is 18.6. The molecule has 1 fully saturated rings. The minimum Gasteiger partial charge on any atom is -0.372 e. The molecule has 172 valence electrons. The standard InChI is InChI=1S/C29H33IN2O/c1-21-17-19-32(27-15-11-25(12-16-27)29(33)31-2)20-18-22(21)7-8-23-5-3-4-6-28(23)24-9-13-26(30)14-10-24/h3-6,9-16,21-22H,7-8,17-20H2,1-2H3,(H,31,33). The average molecular weight is 552 g/mol. The van der Waals surface area contributed by atoms with Crippen LogP contribution >= 0.6 is 22.6 Å². The minimum atomic E-state index is -0.0309. The van der Waals surface area contributed by atoms with Crippen LogP contribution < -0.4 is 10.2 Å². The highest BCUT2D eigenvalue weighted by molar-refractivity contribution is 14.1. The fourth-order valence-electron chi connectivity index (χ4n) is 4.96. The predicted octanol–water partition coefficient (Wildman–Crippen LogP) is 6.80. The molecule has 0 bridgehead atoms. The van der Waals surface area contributed by atoms with E-state index >= 15 is 0 Å². The molecule has 1 aliphatic heterocycles. The van der Waals surface area contributed by atoms with E-state index in [0.29, 0.717) is 11.5 Å². The van der Waals surface area contributed by atoms with Crippen molar-refractivity contribution in [1.29, 1.82) is 0 Å². The van der Waals surface area contributed by atoms with Gasteiger partial charge in [0, 0.05) is 35.0 Å². The first-order valence-corrected chi connectivity index (χ1v) is 13.0. The van der Waals surface area contributed by atoms with Crippen LogP contribution in [0.2, 0.25) is 0 Å². The maximum atomic E-state index is 11.8. The van der Waals surface area contributed by atoms with Crippen LogP contribution in [0.5, 0.6) is 0 Å². The lowest BCUT2D eigenvalue weighted by atomic mass is 9.84. The van der Waals surface area contributed by atoms with Gasteiger partial charge in [0.15, 0.2) is 0 Å². The molecule has 1 saturated heterocycles. The molecular weight excluding hydrogens is 519 g/mol. The summed E-state index contributed by atoms with van der Waals surface area (Å²) >= 11 is 2.37. The highest BCUT2D eigenvalue weighted by Gasteiger charge is 2.24. The van der Waals surface area contributed by atoms with Crippen molar-refractivity contribution in [1.82, 2.24) is 5.32 Å². The second-order valence-corrected chi connectivity index (χ2v) is 10.4. The smallest absolute Gasteiger partial charge is 0.251 e. The number of aryl methyl sites for hydroxylation is 1. The van der Waals surface area contributed by atoms with Gasteiger partial charge in [0.25, 0.3) is 5.91 Å². The largest absolute Gasteiger partial charge is 0.372 e. The number of anilines is 1. The minimum absolute atomic E-state index is 0.0309. The van der Waals surface area contributed by atoms with Crippen molar-refractivity contribution in [2.45, 2.75) is 32.6 Å². The van der Waals surface area contributed by atoms with E-state index in [-0.39, 0.29) is 5.91 Å². The molecule has 0 radical (unpaired) electrons. The number of nitrogens with one attached hydrogen (secondary N) is 1. The lowest BCUT2D eigenvalue weighted by molar-refractivity contribution is 0.0963. The Hall–Kier alpha value is -2.34. The van der Waals surface area contributed by atoms with Crippen LogP contribution in [0, 0.1) is 15.4 Å². The van der Waals surface area contributed by atoms with Crippen LogP contribution in [-0.2, 0) is 6.42 Å². The molecule has 3 aromatic carbocycles. The molecular formula is C29H33IN2O. The second-order valence-electron chi connectivity index (χ2n) is 9.13. The van der Waals surface area contributed by atoms with E-state index < -0.39 is 0 Å². The molecule has 0 saturated carbocycles. The van der Waals surface area contributed by atoms with Crippen LogP contribution in [0.15, 0.2) is 72.8 Å². The van der Waals surface area contributed by atoms with Crippen molar-refractivity contribution >= 4 is 34.2 Å². The number of hydrogen-bond acceptors (Lipinski definition) is 2. The third kappa shape index (κ3) is 5.97. The summed E-state index contributed by atoms with van der Waals surface area (Å²) < 4.78 is 1.27. The fraction of sp³-hybridized carbons (Fsp3) is 0.345. The van der Waals surface area contributed by atoms with Crippen LogP contribution in [0.25, 0.3) is 11.1 Å². The topological polar surface area (TPSA) is 32.3 Å². The molecule has 3 aromatic rings. The summed E-state index contributed by atoms with van der Waals surface area (Å²) in [6, 6.07) is 25.8. The monoisotopic (exact) mass is 552 g/mol. The number of carbonyl (C=O) groups is 1. The van der Waals surface area contributed by atoms with Gasteiger partial charge in [0.05, 0.1) is 0 Å². The molecule has 4 heteroatoms. The second kappa shape index (κ2) is 11.2. The Balaban J connectivity index is 1.40. The number of benzene rings is 3. The molecule has 1 N–H and O–H groups in total. The summed E-state index contributed by atoms with van der Waals surface area (Å²) in [4.78, 5) is 14.3. The number of nitrogens with zero attached hydrogens (tertiary/aromatic N) is 1. The molecule has 3 nitrogen and oxygen atoms in total. The molecule has 2 unspecified atom stereocenters. The lowest BCUT2D eigenvalue weighted by Gasteiger charge is -2.23. The first-order chi connectivity index (χ1) is 16.0. The summed E-state index contributed by atoms with van der Waals surface area (Å²) in [5.41, 5.74) is 6.07. The zero-order valence-corrected chi connectivity index (χ0v) is 21.7. The van der Waals surface area contributed by atoms with Crippen molar-refractivity contribution in [3.8, 4) is 11.1 Å². The first-order valence-electron chi connectivity index (χ1n) is 12.0. The average Bonchev–Trinajstić information content (AvgIpc) is 3.04. The van der Waals surface area contributed by atoms with Gasteiger partial charge in [-0.05, 0) is 113 Å². The van der Waals surface area contributed by atoms with Gasteiger partial charge in [-0.1, -0.05) is 43.3 Å². The number of carbonyl (C=O) groups excluding carboxylic acids is 1. The van der Waals surface area contributed by atoms with Crippen molar-refractivity contribution in [2.24, 2.45) is 11.8 Å². The summed E-state index contributed by atoms with van der Waals surface area (Å²) in [5.74, 6) is 1.41. The van der Waals surface area contributed by atoms with Gasteiger partial charge < -0.3 is 10.2 Å². The first kappa shape index (κ1) is 23.8. The summed E-state index contributed by atoms with van der Waals surface area (Å²) in [6.45, 7) is 4.58. The van der Waals surface area contributed by atoms with Gasteiger partial charge in [0.1, 0.15) is 0 Å². The highest BCUT2D eigenvalue weighted by Crippen LogP contribution is 2.32. The Morgan fingerprint density at radius 3 is 2.39 bits per heavy atom. The Morgan fingerprint density at radius 1 is 0.970 bits per heavy atom. The molecule has 0 aromatic heterocycles. The molecule has 1 aliphatic rings. The van der Waals surface area contributed by atoms with Gasteiger partial charge in [0.2, 0.25) is 0 Å². The maximum Gasteiger partial charge on any atom is 0.251 e. The van der Waals surface area contributed by atoms with E-state index in [2.05, 4.69) is 100 Å². The van der Waals surface area contributed by atoms with Crippen molar-refractivity contribution in [3.05, 3.63) is 87.5 Å². The van der Waals surface area contributed by atoms with Gasteiger partial charge in [-0.15, -0.1) is 0 Å². The Bertz CT molecular complexity index is 1060. The number of halogens is 1. The number of hydrogen-bond donors (Lipinski definition) is 1. The Morgan fingerprint density at radius 2 is 1.67 bits per heavy atom. The highest BCUT2D eigenvalue weighted by atomic mass is 127. The van der Waals surface area contributed by atoms with E-state index in [1.807, 2.05) is 12.1 Å². The zero-order valence-electron chi connectivity index (χ0n) is 19.6. The lowest BCUT2D eigenvalue weighted by Crippen LogP contribution is -2.24. The van der Waals surface area contributed by atoms with E-state index in [9.17, 15) is 4.79 Å². The van der Waals surface area contributed by atoms with E-state index in [0.717, 1.165) is 25.4 Å². The van der Waals surface area contributed by atoms with Crippen LogP contribution in [0.1, 0.15) is 42.1 Å². The summed E-state index contributed by atoms with van der Waals surface area (Å²) in [5, 5.41) is 2.69.